The third-order valence-corrected chi connectivity index (χ3v) is 2.63. The highest BCUT2D eigenvalue weighted by atomic mass is 16.5. The Bertz CT molecular complexity index is 740. The van der Waals surface area contributed by atoms with Crippen LogP contribution >= 0.6 is 0 Å². The molecule has 0 saturated heterocycles. The highest BCUT2D eigenvalue weighted by Crippen LogP contribution is 2.24. The fraction of sp³-hybridized carbons (Fsp3) is 0. The second-order valence-electron chi connectivity index (χ2n) is 3.67. The Hall–Kier alpha value is -2.56. The van der Waals surface area contributed by atoms with Gasteiger partial charge in [-0.05, 0) is 12.1 Å². The highest BCUT2D eigenvalue weighted by molar-refractivity contribution is 5.87. The molecule has 1 heterocycles. The van der Waals surface area contributed by atoms with Crippen molar-refractivity contribution in [3.05, 3.63) is 41.6 Å². The van der Waals surface area contributed by atoms with E-state index >= 15 is 0 Å². The summed E-state index contributed by atoms with van der Waals surface area (Å²) in [6.07, 6.45) is 0. The first-order chi connectivity index (χ1) is 8.18. The average Bonchev–Trinajstić information content (AvgIpc) is 2.31. The molecule has 0 saturated carbocycles. The maximum absolute atomic E-state index is 12.0. The van der Waals surface area contributed by atoms with Gasteiger partial charge in [-0.15, -0.1) is 0 Å². The molecular formula is C12H7N2O3-. The van der Waals surface area contributed by atoms with Crippen molar-refractivity contribution in [2.24, 2.45) is 0 Å². The zero-order valence-electron chi connectivity index (χ0n) is 8.62. The Balaban J connectivity index is 2.63. The van der Waals surface area contributed by atoms with E-state index in [1.165, 1.54) is 24.3 Å². The SMILES string of the molecule is [O-]c1cccc2c1nc1cccc(O)c1[n+]2[O-]. The van der Waals surface area contributed by atoms with Crippen molar-refractivity contribution in [1.82, 2.24) is 4.98 Å². The smallest absolute Gasteiger partial charge is 0.285 e. The summed E-state index contributed by atoms with van der Waals surface area (Å²) in [5.41, 5.74) is 0.647. The number of benzene rings is 2. The topological polar surface area (TPSA) is 83.1 Å². The maximum Gasteiger partial charge on any atom is 0.285 e. The summed E-state index contributed by atoms with van der Waals surface area (Å²) in [6, 6.07) is 8.91. The molecule has 0 radical (unpaired) electrons. The van der Waals surface area contributed by atoms with Crippen molar-refractivity contribution < 1.29 is 14.9 Å². The van der Waals surface area contributed by atoms with Gasteiger partial charge in [-0.2, -0.15) is 4.73 Å². The largest absolute Gasteiger partial charge is 0.871 e. The molecule has 5 heteroatoms. The van der Waals surface area contributed by atoms with E-state index in [1.807, 2.05) is 0 Å². The minimum Gasteiger partial charge on any atom is -0.871 e. The van der Waals surface area contributed by atoms with Crippen LogP contribution in [0.4, 0.5) is 0 Å². The summed E-state index contributed by atoms with van der Waals surface area (Å²) < 4.78 is 0.536. The molecule has 0 amide bonds. The molecule has 3 rings (SSSR count). The second-order valence-corrected chi connectivity index (χ2v) is 3.67. The van der Waals surface area contributed by atoms with Gasteiger partial charge in [-0.3, -0.25) is 0 Å². The molecule has 1 N–H and O–H groups in total. The van der Waals surface area contributed by atoms with Crippen LogP contribution in [0.5, 0.6) is 11.5 Å². The van der Waals surface area contributed by atoms with Crippen LogP contribution in [-0.2, 0) is 0 Å². The standard InChI is InChI=1S/C12H8N2O3/c15-9-5-2-4-8-11(9)13-7-3-1-6-10(16)12(7)14(8)17/h1-6,15-16H/p-1. The van der Waals surface area contributed by atoms with Crippen molar-refractivity contribution in [3.8, 4) is 11.5 Å². The summed E-state index contributed by atoms with van der Waals surface area (Å²) in [5, 5.41) is 33.3. The van der Waals surface area contributed by atoms with Crippen molar-refractivity contribution in [1.29, 1.82) is 0 Å². The number of fused-ring (bicyclic) bond motifs is 2. The molecule has 0 aliphatic carbocycles. The molecule has 17 heavy (non-hydrogen) atoms. The number of aromatic hydroxyl groups is 1. The van der Waals surface area contributed by atoms with Crippen LogP contribution in [-0.4, -0.2) is 10.1 Å². The van der Waals surface area contributed by atoms with E-state index in [0.717, 1.165) is 0 Å². The van der Waals surface area contributed by atoms with E-state index in [-0.39, 0.29) is 28.0 Å². The summed E-state index contributed by atoms with van der Waals surface area (Å²) in [6.45, 7) is 0. The molecule has 84 valence electrons. The lowest BCUT2D eigenvalue weighted by atomic mass is 10.2. The monoisotopic (exact) mass is 227 g/mol. The quantitative estimate of drug-likeness (QED) is 0.350. The normalized spacial score (nSPS) is 11.1. The van der Waals surface area contributed by atoms with Crippen LogP contribution in [0.3, 0.4) is 0 Å². The van der Waals surface area contributed by atoms with E-state index in [1.54, 1.807) is 12.1 Å². The molecular weight excluding hydrogens is 220 g/mol. The van der Waals surface area contributed by atoms with E-state index in [9.17, 15) is 15.4 Å². The summed E-state index contributed by atoms with van der Waals surface area (Å²) in [4.78, 5) is 4.11. The zero-order chi connectivity index (χ0) is 12.0. The van der Waals surface area contributed by atoms with E-state index in [4.69, 9.17) is 0 Å². The number of nitrogens with zero attached hydrogens (tertiary/aromatic N) is 2. The molecule has 0 unspecified atom stereocenters. The van der Waals surface area contributed by atoms with Gasteiger partial charge in [-0.1, -0.05) is 23.9 Å². The number of hydrogen-bond acceptors (Lipinski definition) is 4. The fourth-order valence-corrected chi connectivity index (χ4v) is 1.85. The van der Waals surface area contributed by atoms with Gasteiger partial charge in [0.15, 0.2) is 5.75 Å². The Labute approximate surface area is 95.8 Å². The van der Waals surface area contributed by atoms with Crippen LogP contribution in [0.1, 0.15) is 0 Å². The first kappa shape index (κ1) is 9.65. The number of phenolic OH excluding ortho intramolecular Hbond substituents is 1. The van der Waals surface area contributed by atoms with E-state index in [0.29, 0.717) is 10.2 Å². The number of rotatable bonds is 0. The molecule has 1 aromatic heterocycles. The molecule has 5 nitrogen and oxygen atoms in total. The van der Waals surface area contributed by atoms with E-state index in [2.05, 4.69) is 4.98 Å². The fourth-order valence-electron chi connectivity index (χ4n) is 1.85. The highest BCUT2D eigenvalue weighted by Gasteiger charge is 2.15. The van der Waals surface area contributed by atoms with Crippen molar-refractivity contribution in [2.75, 3.05) is 0 Å². The van der Waals surface area contributed by atoms with Gasteiger partial charge >= 0.3 is 0 Å². The number of phenols is 1. The van der Waals surface area contributed by atoms with Crippen molar-refractivity contribution in [3.63, 3.8) is 0 Å². The van der Waals surface area contributed by atoms with Crippen LogP contribution in [0, 0.1) is 5.21 Å². The third-order valence-electron chi connectivity index (χ3n) is 2.63. The average molecular weight is 227 g/mol. The zero-order valence-corrected chi connectivity index (χ0v) is 8.62. The van der Waals surface area contributed by atoms with Gasteiger partial charge in [0.05, 0.1) is 0 Å². The van der Waals surface area contributed by atoms with Crippen LogP contribution in [0.2, 0.25) is 0 Å². The predicted octanol–water partition coefficient (Wildman–Crippen LogP) is 0.801. The van der Waals surface area contributed by atoms with Crippen molar-refractivity contribution >= 4 is 22.1 Å². The molecule has 3 aromatic rings. The number of hydrogen-bond donors (Lipinski definition) is 1. The molecule has 0 fully saturated rings. The van der Waals surface area contributed by atoms with Gasteiger partial charge in [0.25, 0.3) is 5.52 Å². The minimum absolute atomic E-state index is 0.0746. The molecule has 0 aliphatic rings. The maximum atomic E-state index is 12.0. The van der Waals surface area contributed by atoms with Gasteiger partial charge < -0.3 is 15.4 Å². The van der Waals surface area contributed by atoms with Gasteiger partial charge in [0.2, 0.25) is 5.52 Å². The third kappa shape index (κ3) is 1.25. The Morgan fingerprint density at radius 2 is 1.88 bits per heavy atom. The molecule has 0 atom stereocenters. The first-order valence-corrected chi connectivity index (χ1v) is 4.99. The summed E-state index contributed by atoms with van der Waals surface area (Å²) in [5.74, 6) is -0.458. The van der Waals surface area contributed by atoms with Gasteiger partial charge in [-0.25, -0.2) is 4.98 Å². The molecule has 0 bridgehead atoms. The molecule has 0 aliphatic heterocycles. The minimum atomic E-state index is -0.308. The molecule has 0 spiro atoms. The first-order valence-electron chi connectivity index (χ1n) is 4.99. The lowest BCUT2D eigenvalue weighted by molar-refractivity contribution is -0.548. The Kier molecular flexibility index (Phi) is 1.82. The van der Waals surface area contributed by atoms with Crippen molar-refractivity contribution in [2.45, 2.75) is 0 Å². The Morgan fingerprint density at radius 1 is 1.12 bits per heavy atom. The predicted molar refractivity (Wildman–Crippen MR) is 59.3 cm³/mol. The van der Waals surface area contributed by atoms with Gasteiger partial charge in [0.1, 0.15) is 11.0 Å². The Morgan fingerprint density at radius 3 is 2.71 bits per heavy atom. The molecule has 2 aromatic carbocycles. The van der Waals surface area contributed by atoms with E-state index < -0.39 is 0 Å². The number of para-hydroxylation sites is 2. The van der Waals surface area contributed by atoms with Crippen LogP contribution < -0.4 is 9.84 Å². The van der Waals surface area contributed by atoms with Gasteiger partial charge in [0, 0.05) is 6.07 Å². The lowest BCUT2D eigenvalue weighted by Crippen LogP contribution is -2.29. The summed E-state index contributed by atoms with van der Waals surface area (Å²) >= 11 is 0. The van der Waals surface area contributed by atoms with Crippen LogP contribution in [0.25, 0.3) is 22.1 Å². The second kappa shape index (κ2) is 3.21. The van der Waals surface area contributed by atoms with Crippen LogP contribution in [0.15, 0.2) is 36.4 Å². The number of aromatic nitrogens is 2. The lowest BCUT2D eigenvalue weighted by Gasteiger charge is -2.10. The summed E-state index contributed by atoms with van der Waals surface area (Å²) in [7, 11) is 0.